The second kappa shape index (κ2) is 10.1. The van der Waals surface area contributed by atoms with Gasteiger partial charge in [-0.1, -0.05) is 12.8 Å². The first-order valence-corrected chi connectivity index (χ1v) is 10.5. The molecule has 1 aromatic rings. The molecule has 7 nitrogen and oxygen atoms in total. The smallest absolute Gasteiger partial charge is 0.368 e. The number of halogens is 3. The largest absolute Gasteiger partial charge is 0.418 e. The van der Waals surface area contributed by atoms with Crippen molar-refractivity contribution in [3.63, 3.8) is 0 Å². The summed E-state index contributed by atoms with van der Waals surface area (Å²) in [5.74, 6) is -1.37. The van der Waals surface area contributed by atoms with E-state index in [0.29, 0.717) is 26.0 Å². The van der Waals surface area contributed by atoms with E-state index in [1.54, 1.807) is 0 Å². The van der Waals surface area contributed by atoms with Gasteiger partial charge in [-0.25, -0.2) is 0 Å². The third-order valence-electron chi connectivity index (χ3n) is 5.34. The molecule has 3 amide bonds. The number of nitrogens with one attached hydrogen (secondary N) is 2. The number of benzene rings is 1. The highest BCUT2D eigenvalue weighted by Gasteiger charge is 2.35. The lowest BCUT2D eigenvalue weighted by Gasteiger charge is -2.24. The van der Waals surface area contributed by atoms with E-state index in [4.69, 9.17) is 4.74 Å². The summed E-state index contributed by atoms with van der Waals surface area (Å²) in [6.07, 6.45) is -0.454. The van der Waals surface area contributed by atoms with Crippen LogP contribution in [-0.2, 0) is 25.3 Å². The molecule has 170 valence electrons. The van der Waals surface area contributed by atoms with Crippen molar-refractivity contribution in [1.29, 1.82) is 0 Å². The highest BCUT2D eigenvalue weighted by molar-refractivity contribution is 5.97. The number of likely N-dealkylation sites (tertiary alicyclic amines) is 1. The maximum Gasteiger partial charge on any atom is 0.418 e. The van der Waals surface area contributed by atoms with Gasteiger partial charge in [-0.05, 0) is 43.9 Å². The summed E-state index contributed by atoms with van der Waals surface area (Å²) in [6.45, 7) is 0.552. The Hall–Kier alpha value is -2.62. The van der Waals surface area contributed by atoms with Gasteiger partial charge in [0.25, 0.3) is 5.91 Å². The molecule has 0 aliphatic carbocycles. The van der Waals surface area contributed by atoms with E-state index >= 15 is 0 Å². The minimum atomic E-state index is -4.75. The van der Waals surface area contributed by atoms with Crippen molar-refractivity contribution in [1.82, 2.24) is 4.90 Å². The highest BCUT2D eigenvalue weighted by Crippen LogP contribution is 2.36. The third-order valence-corrected chi connectivity index (χ3v) is 5.34. The Labute approximate surface area is 178 Å². The molecular formula is C21H26F3N3O4. The predicted molar refractivity (Wildman–Crippen MR) is 107 cm³/mol. The van der Waals surface area contributed by atoms with Crippen molar-refractivity contribution < 1.29 is 32.3 Å². The van der Waals surface area contributed by atoms with E-state index in [2.05, 4.69) is 10.6 Å². The van der Waals surface area contributed by atoms with Crippen LogP contribution in [-0.4, -0.2) is 48.4 Å². The summed E-state index contributed by atoms with van der Waals surface area (Å²) in [5.41, 5.74) is -1.54. The van der Waals surface area contributed by atoms with Crippen molar-refractivity contribution >= 4 is 29.1 Å². The summed E-state index contributed by atoms with van der Waals surface area (Å²) in [7, 11) is 0. The number of carbonyl (C=O) groups excluding carboxylic acids is 3. The van der Waals surface area contributed by atoms with Crippen molar-refractivity contribution in [3.8, 4) is 0 Å². The van der Waals surface area contributed by atoms with Crippen LogP contribution in [0.15, 0.2) is 18.2 Å². The number of nitrogens with zero attached hydrogens (tertiary/aromatic N) is 1. The van der Waals surface area contributed by atoms with Crippen molar-refractivity contribution in [2.75, 3.05) is 30.3 Å². The van der Waals surface area contributed by atoms with Crippen LogP contribution in [0.4, 0.5) is 24.5 Å². The van der Waals surface area contributed by atoms with Gasteiger partial charge < -0.3 is 20.3 Å². The second-order valence-corrected chi connectivity index (χ2v) is 7.78. The van der Waals surface area contributed by atoms with Crippen molar-refractivity contribution in [3.05, 3.63) is 23.8 Å². The molecular weight excluding hydrogens is 415 g/mol. The molecule has 2 saturated heterocycles. The SMILES string of the molecule is O=C(CN1CCCCCCC1=O)Nc1ccc(NC(=O)C2CCCO2)cc1C(F)(F)F. The molecule has 0 radical (unpaired) electrons. The number of rotatable bonds is 5. The Balaban J connectivity index is 1.69. The lowest BCUT2D eigenvalue weighted by atomic mass is 10.1. The van der Waals surface area contributed by atoms with Gasteiger partial charge in [-0.3, -0.25) is 14.4 Å². The topological polar surface area (TPSA) is 87.7 Å². The van der Waals surface area contributed by atoms with Gasteiger partial charge in [-0.2, -0.15) is 13.2 Å². The fourth-order valence-corrected chi connectivity index (χ4v) is 3.72. The Kier molecular flexibility index (Phi) is 7.53. The summed E-state index contributed by atoms with van der Waals surface area (Å²) >= 11 is 0. The molecule has 0 bridgehead atoms. The number of ether oxygens (including phenoxy) is 1. The fourth-order valence-electron chi connectivity index (χ4n) is 3.72. The van der Waals surface area contributed by atoms with Crippen molar-refractivity contribution in [2.24, 2.45) is 0 Å². The van der Waals surface area contributed by atoms with Crippen LogP contribution in [0.3, 0.4) is 0 Å². The molecule has 2 heterocycles. The maximum atomic E-state index is 13.6. The number of anilines is 2. The molecule has 2 fully saturated rings. The normalized spacial score (nSPS) is 20.2. The fraction of sp³-hybridized carbons (Fsp3) is 0.571. The summed E-state index contributed by atoms with van der Waals surface area (Å²) in [5, 5.41) is 4.70. The Morgan fingerprint density at radius 3 is 2.58 bits per heavy atom. The zero-order valence-corrected chi connectivity index (χ0v) is 17.1. The van der Waals surface area contributed by atoms with Crippen LogP contribution in [0.25, 0.3) is 0 Å². The van der Waals surface area contributed by atoms with E-state index in [9.17, 15) is 27.6 Å². The minimum Gasteiger partial charge on any atom is -0.368 e. The molecule has 1 atom stereocenters. The molecule has 2 aliphatic heterocycles. The van der Waals surface area contributed by atoms with Crippen LogP contribution in [0, 0.1) is 0 Å². The maximum absolute atomic E-state index is 13.6. The summed E-state index contributed by atoms with van der Waals surface area (Å²) in [6, 6.07) is 3.17. The van der Waals surface area contributed by atoms with Gasteiger partial charge in [0.15, 0.2) is 0 Å². The molecule has 0 saturated carbocycles. The van der Waals surface area contributed by atoms with Gasteiger partial charge >= 0.3 is 6.18 Å². The zero-order valence-electron chi connectivity index (χ0n) is 17.1. The summed E-state index contributed by atoms with van der Waals surface area (Å²) in [4.78, 5) is 38.0. The Morgan fingerprint density at radius 1 is 1.10 bits per heavy atom. The number of amides is 3. The highest BCUT2D eigenvalue weighted by atomic mass is 19.4. The first-order valence-electron chi connectivity index (χ1n) is 10.5. The van der Waals surface area contributed by atoms with Crippen LogP contribution >= 0.6 is 0 Å². The standard InChI is InChI=1S/C21H26F3N3O4/c22-21(23,24)15-12-14(25-20(30)17-6-5-11-31-17)8-9-16(15)26-18(28)13-27-10-4-2-1-3-7-19(27)29/h8-9,12,17H,1-7,10-11,13H2,(H,25,30)(H,26,28). The van der Waals surface area contributed by atoms with Gasteiger partial charge in [0.1, 0.15) is 6.10 Å². The molecule has 1 aromatic carbocycles. The minimum absolute atomic E-state index is 0.0373. The van der Waals surface area contributed by atoms with Crippen LogP contribution in [0.5, 0.6) is 0 Å². The van der Waals surface area contributed by atoms with Gasteiger partial charge in [-0.15, -0.1) is 0 Å². The lowest BCUT2D eigenvalue weighted by molar-refractivity contribution is -0.137. The van der Waals surface area contributed by atoms with Crippen LogP contribution in [0.2, 0.25) is 0 Å². The predicted octanol–water partition coefficient (Wildman–Crippen LogP) is 3.55. The van der Waals surface area contributed by atoms with E-state index in [0.717, 1.165) is 44.2 Å². The van der Waals surface area contributed by atoms with E-state index in [1.165, 1.54) is 11.0 Å². The van der Waals surface area contributed by atoms with Gasteiger partial charge in [0.05, 0.1) is 17.8 Å². The first kappa shape index (κ1) is 23.1. The second-order valence-electron chi connectivity index (χ2n) is 7.78. The Bertz CT molecular complexity index is 823. The molecule has 0 spiro atoms. The van der Waals surface area contributed by atoms with E-state index in [1.807, 2.05) is 0 Å². The van der Waals surface area contributed by atoms with Crippen LogP contribution < -0.4 is 10.6 Å². The molecule has 2 N–H and O–H groups in total. The third kappa shape index (κ3) is 6.43. The number of hydrogen-bond donors (Lipinski definition) is 2. The monoisotopic (exact) mass is 441 g/mol. The lowest BCUT2D eigenvalue weighted by Crippen LogP contribution is -2.39. The average molecular weight is 441 g/mol. The quantitative estimate of drug-likeness (QED) is 0.732. The van der Waals surface area contributed by atoms with Crippen molar-refractivity contribution in [2.45, 2.75) is 57.2 Å². The molecule has 1 unspecified atom stereocenters. The molecule has 31 heavy (non-hydrogen) atoms. The molecule has 10 heteroatoms. The number of hydrogen-bond acceptors (Lipinski definition) is 4. The van der Waals surface area contributed by atoms with E-state index < -0.39 is 35.3 Å². The van der Waals surface area contributed by atoms with Gasteiger partial charge in [0, 0.05) is 25.3 Å². The van der Waals surface area contributed by atoms with Gasteiger partial charge in [0.2, 0.25) is 11.8 Å². The average Bonchev–Trinajstić information content (AvgIpc) is 3.23. The molecule has 2 aliphatic rings. The molecule has 0 aromatic heterocycles. The molecule has 3 rings (SSSR count). The Morgan fingerprint density at radius 2 is 1.87 bits per heavy atom. The van der Waals surface area contributed by atoms with Crippen LogP contribution in [0.1, 0.15) is 50.5 Å². The zero-order chi connectivity index (χ0) is 22.4. The summed E-state index contributed by atoms with van der Waals surface area (Å²) < 4.78 is 46.0. The number of carbonyl (C=O) groups is 3. The van der Waals surface area contributed by atoms with E-state index in [-0.39, 0.29) is 18.1 Å². The number of alkyl halides is 3. The first-order chi connectivity index (χ1) is 14.7.